The van der Waals surface area contributed by atoms with E-state index in [1.807, 2.05) is 32.0 Å². The molecule has 6 nitrogen and oxygen atoms in total. The SMILES string of the molecule is Cc1cccc(N(CC(=O)NC(C)c2ccc(N3CCCC3)cc2)S(C)(=O)=O)c1. The molecule has 156 valence electrons. The van der Waals surface area contributed by atoms with Crippen LogP contribution in [0.2, 0.25) is 0 Å². The van der Waals surface area contributed by atoms with Gasteiger partial charge in [-0.25, -0.2) is 8.42 Å². The Morgan fingerprint density at radius 1 is 1.14 bits per heavy atom. The Morgan fingerprint density at radius 3 is 2.38 bits per heavy atom. The molecule has 1 atom stereocenters. The van der Waals surface area contributed by atoms with Gasteiger partial charge in [-0.05, 0) is 62.1 Å². The summed E-state index contributed by atoms with van der Waals surface area (Å²) in [5, 5.41) is 2.91. The maximum Gasteiger partial charge on any atom is 0.241 e. The highest BCUT2D eigenvalue weighted by Crippen LogP contribution is 2.23. The van der Waals surface area contributed by atoms with Crippen molar-refractivity contribution in [1.82, 2.24) is 5.32 Å². The van der Waals surface area contributed by atoms with E-state index in [-0.39, 0.29) is 18.5 Å². The normalized spacial score (nSPS) is 15.2. The molecule has 1 aliphatic rings. The topological polar surface area (TPSA) is 69.7 Å². The molecule has 7 heteroatoms. The van der Waals surface area contributed by atoms with Crippen molar-refractivity contribution in [3.8, 4) is 0 Å². The van der Waals surface area contributed by atoms with Gasteiger partial charge in [-0.15, -0.1) is 0 Å². The van der Waals surface area contributed by atoms with Gasteiger partial charge in [0, 0.05) is 18.8 Å². The first-order valence-corrected chi connectivity index (χ1v) is 11.8. The summed E-state index contributed by atoms with van der Waals surface area (Å²) in [5.41, 5.74) is 3.61. The number of anilines is 2. The Morgan fingerprint density at radius 2 is 1.79 bits per heavy atom. The number of amides is 1. The van der Waals surface area contributed by atoms with E-state index in [0.29, 0.717) is 5.69 Å². The van der Waals surface area contributed by atoms with Crippen LogP contribution in [0.4, 0.5) is 11.4 Å². The summed E-state index contributed by atoms with van der Waals surface area (Å²) in [5.74, 6) is -0.340. The van der Waals surface area contributed by atoms with Crippen LogP contribution < -0.4 is 14.5 Å². The maximum absolute atomic E-state index is 12.6. The van der Waals surface area contributed by atoms with E-state index in [4.69, 9.17) is 0 Å². The van der Waals surface area contributed by atoms with E-state index in [2.05, 4.69) is 22.3 Å². The molecule has 0 aliphatic carbocycles. The van der Waals surface area contributed by atoms with Gasteiger partial charge in [0.05, 0.1) is 18.0 Å². The van der Waals surface area contributed by atoms with Crippen LogP contribution in [0.1, 0.15) is 36.9 Å². The molecular weight excluding hydrogens is 386 g/mol. The summed E-state index contributed by atoms with van der Waals surface area (Å²) < 4.78 is 25.6. The molecular formula is C22H29N3O3S. The zero-order valence-electron chi connectivity index (χ0n) is 17.3. The van der Waals surface area contributed by atoms with Crippen LogP contribution >= 0.6 is 0 Å². The molecule has 0 radical (unpaired) electrons. The number of hydrogen-bond donors (Lipinski definition) is 1. The summed E-state index contributed by atoms with van der Waals surface area (Å²) in [6.45, 7) is 5.72. The summed E-state index contributed by atoms with van der Waals surface area (Å²) in [7, 11) is -3.58. The highest BCUT2D eigenvalue weighted by molar-refractivity contribution is 7.92. The van der Waals surface area contributed by atoms with E-state index in [9.17, 15) is 13.2 Å². The minimum atomic E-state index is -3.58. The Hall–Kier alpha value is -2.54. The van der Waals surface area contributed by atoms with E-state index in [1.165, 1.54) is 18.5 Å². The van der Waals surface area contributed by atoms with Crippen LogP contribution in [0.5, 0.6) is 0 Å². The maximum atomic E-state index is 12.6. The molecule has 29 heavy (non-hydrogen) atoms. The number of aryl methyl sites for hydroxylation is 1. The summed E-state index contributed by atoms with van der Waals surface area (Å²) in [6, 6.07) is 15.1. The minimum absolute atomic E-state index is 0.214. The van der Waals surface area contributed by atoms with Gasteiger partial charge in [-0.1, -0.05) is 24.3 Å². The lowest BCUT2D eigenvalue weighted by atomic mass is 10.1. The van der Waals surface area contributed by atoms with Gasteiger partial charge in [0.2, 0.25) is 15.9 Å². The molecule has 2 aromatic rings. The molecule has 1 aliphatic heterocycles. The molecule has 0 saturated carbocycles. The zero-order chi connectivity index (χ0) is 21.0. The Bertz CT molecular complexity index is 952. The smallest absolute Gasteiger partial charge is 0.241 e. The van der Waals surface area contributed by atoms with E-state index in [0.717, 1.165) is 34.8 Å². The third-order valence-corrected chi connectivity index (χ3v) is 6.36. The van der Waals surface area contributed by atoms with Crippen LogP contribution in [0.25, 0.3) is 0 Å². The van der Waals surface area contributed by atoms with Gasteiger partial charge in [0.25, 0.3) is 0 Å². The van der Waals surface area contributed by atoms with E-state index >= 15 is 0 Å². The number of hydrogen-bond acceptors (Lipinski definition) is 4. The quantitative estimate of drug-likeness (QED) is 0.754. The van der Waals surface area contributed by atoms with Crippen LogP contribution in [-0.2, 0) is 14.8 Å². The van der Waals surface area contributed by atoms with Crippen LogP contribution in [0.15, 0.2) is 48.5 Å². The van der Waals surface area contributed by atoms with Gasteiger partial charge in [-0.2, -0.15) is 0 Å². The van der Waals surface area contributed by atoms with Crippen LogP contribution in [-0.4, -0.2) is 40.2 Å². The number of nitrogens with one attached hydrogen (secondary N) is 1. The van der Waals surface area contributed by atoms with Gasteiger partial charge in [-0.3, -0.25) is 9.10 Å². The van der Waals surface area contributed by atoms with E-state index in [1.54, 1.807) is 18.2 Å². The fourth-order valence-corrected chi connectivity index (χ4v) is 4.48. The summed E-state index contributed by atoms with van der Waals surface area (Å²) >= 11 is 0. The summed E-state index contributed by atoms with van der Waals surface area (Å²) in [6.07, 6.45) is 3.57. The van der Waals surface area contributed by atoms with Crippen molar-refractivity contribution in [1.29, 1.82) is 0 Å². The Balaban J connectivity index is 1.66. The molecule has 1 amide bonds. The first-order valence-electron chi connectivity index (χ1n) is 9.93. The van der Waals surface area contributed by atoms with Gasteiger partial charge in [0.1, 0.15) is 6.54 Å². The number of benzene rings is 2. The highest BCUT2D eigenvalue weighted by Gasteiger charge is 2.22. The molecule has 2 aromatic carbocycles. The Labute approximate surface area is 173 Å². The van der Waals surface area contributed by atoms with E-state index < -0.39 is 10.0 Å². The standard InChI is InChI=1S/C22H29N3O3S/c1-17-7-6-8-21(15-17)25(29(3,27)28)16-22(26)23-18(2)19-9-11-20(12-10-19)24-13-4-5-14-24/h6-12,15,18H,4-5,13-14,16H2,1-3H3,(H,23,26). The highest BCUT2D eigenvalue weighted by atomic mass is 32.2. The predicted octanol–water partition coefficient (Wildman–Crippen LogP) is 3.24. The second kappa shape index (κ2) is 8.86. The molecule has 1 saturated heterocycles. The second-order valence-corrected chi connectivity index (χ2v) is 9.59. The minimum Gasteiger partial charge on any atom is -0.372 e. The molecule has 0 aromatic heterocycles. The van der Waals surface area contributed by atoms with Gasteiger partial charge in [0.15, 0.2) is 0 Å². The van der Waals surface area contributed by atoms with Crippen molar-refractivity contribution < 1.29 is 13.2 Å². The van der Waals surface area contributed by atoms with Gasteiger partial charge >= 0.3 is 0 Å². The zero-order valence-corrected chi connectivity index (χ0v) is 18.1. The average Bonchev–Trinajstić information content (AvgIpc) is 3.20. The molecule has 3 rings (SSSR count). The monoisotopic (exact) mass is 415 g/mol. The van der Waals surface area contributed by atoms with Crippen molar-refractivity contribution in [2.24, 2.45) is 0 Å². The fraction of sp³-hybridized carbons (Fsp3) is 0.409. The number of rotatable bonds is 7. The summed E-state index contributed by atoms with van der Waals surface area (Å²) in [4.78, 5) is 15.0. The molecule has 1 heterocycles. The number of carbonyl (C=O) groups excluding carboxylic acids is 1. The first-order chi connectivity index (χ1) is 13.7. The predicted molar refractivity (Wildman–Crippen MR) is 118 cm³/mol. The molecule has 1 unspecified atom stereocenters. The lowest BCUT2D eigenvalue weighted by Gasteiger charge is -2.24. The lowest BCUT2D eigenvalue weighted by Crippen LogP contribution is -2.41. The fourth-order valence-electron chi connectivity index (χ4n) is 3.63. The lowest BCUT2D eigenvalue weighted by molar-refractivity contribution is -0.120. The van der Waals surface area contributed by atoms with Crippen molar-refractivity contribution in [2.75, 3.05) is 35.1 Å². The van der Waals surface area contributed by atoms with Gasteiger partial charge < -0.3 is 10.2 Å². The van der Waals surface area contributed by atoms with Crippen molar-refractivity contribution >= 4 is 27.3 Å². The number of sulfonamides is 1. The third kappa shape index (κ3) is 5.50. The molecule has 1 fully saturated rings. The Kier molecular flexibility index (Phi) is 6.47. The van der Waals surface area contributed by atoms with Crippen molar-refractivity contribution in [2.45, 2.75) is 32.7 Å². The van der Waals surface area contributed by atoms with Crippen molar-refractivity contribution in [3.63, 3.8) is 0 Å². The second-order valence-electron chi connectivity index (χ2n) is 7.68. The first kappa shape index (κ1) is 21.2. The third-order valence-electron chi connectivity index (χ3n) is 5.22. The molecule has 0 bridgehead atoms. The van der Waals surface area contributed by atoms with Crippen LogP contribution in [0, 0.1) is 6.92 Å². The number of nitrogens with zero attached hydrogens (tertiary/aromatic N) is 2. The average molecular weight is 416 g/mol. The number of carbonyl (C=O) groups is 1. The molecule has 0 spiro atoms. The van der Waals surface area contributed by atoms with Crippen molar-refractivity contribution in [3.05, 3.63) is 59.7 Å². The van der Waals surface area contributed by atoms with Crippen LogP contribution in [0.3, 0.4) is 0 Å². The molecule has 1 N–H and O–H groups in total. The largest absolute Gasteiger partial charge is 0.372 e.